The van der Waals surface area contributed by atoms with Crippen molar-refractivity contribution in [3.05, 3.63) is 73.8 Å². The molecule has 3 amide bonds. The van der Waals surface area contributed by atoms with Gasteiger partial charge in [0.15, 0.2) is 5.78 Å². The second-order valence-electron chi connectivity index (χ2n) is 8.84. The molecule has 182 valence electrons. The third kappa shape index (κ3) is 4.78. The molecular formula is C24H21Cl2N3O6. The van der Waals surface area contributed by atoms with Gasteiger partial charge in [0, 0.05) is 28.3 Å². The summed E-state index contributed by atoms with van der Waals surface area (Å²) in [6.45, 7) is 1.32. The molecule has 2 aliphatic rings. The van der Waals surface area contributed by atoms with E-state index in [1.807, 2.05) is 6.92 Å². The second-order valence-corrected chi connectivity index (χ2v) is 9.68. The van der Waals surface area contributed by atoms with Crippen LogP contribution in [-0.2, 0) is 9.59 Å². The number of carbonyl (C=O) groups is 4. The molecule has 9 nitrogen and oxygen atoms in total. The number of imide groups is 1. The van der Waals surface area contributed by atoms with Gasteiger partial charge >= 0.3 is 0 Å². The largest absolute Gasteiger partial charge is 0.292 e. The van der Waals surface area contributed by atoms with Gasteiger partial charge in [-0.25, -0.2) is 5.01 Å². The number of hydrogen-bond donors (Lipinski definition) is 0. The zero-order chi connectivity index (χ0) is 25.4. The number of amides is 3. The molecular weight excluding hydrogens is 497 g/mol. The molecule has 1 saturated heterocycles. The summed E-state index contributed by atoms with van der Waals surface area (Å²) in [4.78, 5) is 63.8. The molecule has 0 bridgehead atoms. The predicted octanol–water partition coefficient (Wildman–Crippen LogP) is 4.56. The highest BCUT2D eigenvalue weighted by Gasteiger charge is 2.53. The lowest BCUT2D eigenvalue weighted by atomic mass is 9.76. The van der Waals surface area contributed by atoms with Crippen molar-refractivity contribution >= 4 is 52.4 Å². The van der Waals surface area contributed by atoms with Crippen LogP contribution in [0.3, 0.4) is 0 Å². The zero-order valence-electron chi connectivity index (χ0n) is 18.6. The number of Topliss-reactive ketones (excluding diaryl/α,β-unsaturated/α-hetero) is 1. The minimum atomic E-state index is -0.888. The molecule has 1 heterocycles. The van der Waals surface area contributed by atoms with Gasteiger partial charge in [0.1, 0.15) is 6.54 Å². The Bertz CT molecular complexity index is 1250. The predicted molar refractivity (Wildman–Crippen MR) is 127 cm³/mol. The number of ketones is 1. The molecule has 0 spiro atoms. The van der Waals surface area contributed by atoms with Crippen molar-refractivity contribution in [2.24, 2.45) is 17.8 Å². The molecule has 1 aliphatic heterocycles. The van der Waals surface area contributed by atoms with Crippen molar-refractivity contribution in [1.82, 2.24) is 10.0 Å². The minimum absolute atomic E-state index is 0.0480. The first-order valence-electron chi connectivity index (χ1n) is 11.0. The first-order valence-corrected chi connectivity index (χ1v) is 11.8. The smallest absolute Gasteiger partial charge is 0.273 e. The lowest BCUT2D eigenvalue weighted by Gasteiger charge is -2.30. The highest BCUT2D eigenvalue weighted by Crippen LogP contribution is 2.41. The summed E-state index contributed by atoms with van der Waals surface area (Å²) in [5, 5.41) is 13.1. The van der Waals surface area contributed by atoms with Crippen LogP contribution in [0.5, 0.6) is 0 Å². The number of fused-ring (bicyclic) bond motifs is 1. The third-order valence-corrected chi connectivity index (χ3v) is 7.02. The Morgan fingerprint density at radius 3 is 2.49 bits per heavy atom. The van der Waals surface area contributed by atoms with E-state index in [0.717, 1.165) is 22.5 Å². The monoisotopic (exact) mass is 517 g/mol. The highest BCUT2D eigenvalue weighted by molar-refractivity contribution is 6.37. The van der Waals surface area contributed by atoms with Crippen molar-refractivity contribution in [3.63, 3.8) is 0 Å². The van der Waals surface area contributed by atoms with Crippen LogP contribution in [0.25, 0.3) is 0 Å². The standard InChI is InChI=1S/C24H21Cl2N3O6/c1-13-5-7-17-19(9-13)24(33)28(23(17)32)27(12-21(30)18-8-6-15(25)11-20(18)26)22(31)14-3-2-4-16(10-14)29(34)35/h2-4,6,8,10-11,13,17,19H,5,7,9,12H2,1H3/t13-,17+,19+/m1/s1. The number of rotatable bonds is 6. The van der Waals surface area contributed by atoms with E-state index >= 15 is 0 Å². The summed E-state index contributed by atoms with van der Waals surface area (Å²) in [5.41, 5.74) is -0.430. The quantitative estimate of drug-likeness (QED) is 0.240. The molecule has 2 aromatic carbocycles. The fourth-order valence-electron chi connectivity index (χ4n) is 4.68. The Morgan fingerprint density at radius 1 is 1.09 bits per heavy atom. The van der Waals surface area contributed by atoms with Gasteiger partial charge in [0.05, 0.1) is 21.8 Å². The van der Waals surface area contributed by atoms with Crippen molar-refractivity contribution in [2.45, 2.75) is 26.2 Å². The molecule has 1 aliphatic carbocycles. The van der Waals surface area contributed by atoms with Crippen LogP contribution in [0.2, 0.25) is 10.0 Å². The molecule has 11 heteroatoms. The summed E-state index contributed by atoms with van der Waals surface area (Å²) >= 11 is 12.1. The van der Waals surface area contributed by atoms with Gasteiger partial charge in [-0.3, -0.25) is 29.3 Å². The maximum atomic E-state index is 13.5. The van der Waals surface area contributed by atoms with Crippen LogP contribution in [0, 0.1) is 27.9 Å². The Kier molecular flexibility index (Phi) is 6.91. The minimum Gasteiger partial charge on any atom is -0.292 e. The average Bonchev–Trinajstić information content (AvgIpc) is 3.06. The molecule has 2 fully saturated rings. The fraction of sp³-hybridized carbons (Fsp3) is 0.333. The van der Waals surface area contributed by atoms with Gasteiger partial charge in [-0.05, 0) is 49.4 Å². The number of non-ortho nitro benzene ring substituents is 1. The van der Waals surface area contributed by atoms with Gasteiger partial charge in [-0.2, -0.15) is 5.01 Å². The number of halogens is 2. The first-order chi connectivity index (χ1) is 16.6. The summed E-state index contributed by atoms with van der Waals surface area (Å²) < 4.78 is 0. The molecule has 1 saturated carbocycles. The Morgan fingerprint density at radius 2 is 1.80 bits per heavy atom. The summed E-state index contributed by atoms with van der Waals surface area (Å²) in [6, 6.07) is 9.09. The second kappa shape index (κ2) is 9.75. The average molecular weight is 518 g/mol. The SMILES string of the molecule is C[C@@H]1CC[C@@H]2C(=O)N(N(CC(=O)c3ccc(Cl)cc3Cl)C(=O)c3cccc([N+](=O)[O-])c3)C(=O)[C@H]2C1. The molecule has 0 aromatic heterocycles. The number of nitrogens with zero attached hydrogens (tertiary/aromatic N) is 3. The van der Waals surface area contributed by atoms with E-state index < -0.39 is 46.8 Å². The lowest BCUT2D eigenvalue weighted by molar-refractivity contribution is -0.384. The van der Waals surface area contributed by atoms with E-state index in [2.05, 4.69) is 0 Å². The normalized spacial score (nSPS) is 21.6. The molecule has 3 atom stereocenters. The van der Waals surface area contributed by atoms with Gasteiger partial charge in [-0.15, -0.1) is 0 Å². The van der Waals surface area contributed by atoms with Crippen molar-refractivity contribution in [1.29, 1.82) is 0 Å². The van der Waals surface area contributed by atoms with Crippen LogP contribution in [-0.4, -0.2) is 45.0 Å². The van der Waals surface area contributed by atoms with E-state index in [1.54, 1.807) is 0 Å². The lowest BCUT2D eigenvalue weighted by Crippen LogP contribution is -2.52. The summed E-state index contributed by atoms with van der Waals surface area (Å²) in [5.74, 6) is -3.55. The topological polar surface area (TPSA) is 118 Å². The molecule has 0 unspecified atom stereocenters. The zero-order valence-corrected chi connectivity index (χ0v) is 20.2. The van der Waals surface area contributed by atoms with E-state index in [4.69, 9.17) is 23.2 Å². The van der Waals surface area contributed by atoms with E-state index in [-0.39, 0.29) is 27.8 Å². The van der Waals surface area contributed by atoms with Crippen LogP contribution in [0.4, 0.5) is 5.69 Å². The van der Waals surface area contributed by atoms with E-state index in [0.29, 0.717) is 17.9 Å². The fourth-order valence-corrected chi connectivity index (χ4v) is 5.20. The van der Waals surface area contributed by atoms with Crippen LogP contribution in [0.15, 0.2) is 42.5 Å². The van der Waals surface area contributed by atoms with Gasteiger partial charge < -0.3 is 0 Å². The number of benzene rings is 2. The summed E-state index contributed by atoms with van der Waals surface area (Å²) in [7, 11) is 0. The van der Waals surface area contributed by atoms with Gasteiger partial charge in [0.25, 0.3) is 23.4 Å². The van der Waals surface area contributed by atoms with E-state index in [9.17, 15) is 29.3 Å². The molecule has 4 rings (SSSR count). The van der Waals surface area contributed by atoms with Crippen molar-refractivity contribution in [2.75, 3.05) is 6.54 Å². The van der Waals surface area contributed by atoms with Gasteiger partial charge in [-0.1, -0.05) is 36.2 Å². The van der Waals surface area contributed by atoms with Crippen molar-refractivity contribution in [3.8, 4) is 0 Å². The summed E-state index contributed by atoms with van der Waals surface area (Å²) in [6.07, 6.45) is 1.77. The molecule has 0 N–H and O–H groups in total. The highest BCUT2D eigenvalue weighted by atomic mass is 35.5. The first kappa shape index (κ1) is 24.8. The van der Waals surface area contributed by atoms with Crippen LogP contribution >= 0.6 is 23.2 Å². The molecule has 0 radical (unpaired) electrons. The Hall–Kier alpha value is -3.30. The Labute approximate surface area is 210 Å². The van der Waals surface area contributed by atoms with E-state index in [1.165, 1.54) is 36.4 Å². The number of carbonyl (C=O) groups excluding carboxylic acids is 4. The maximum Gasteiger partial charge on any atom is 0.273 e. The third-order valence-electron chi connectivity index (χ3n) is 6.47. The Balaban J connectivity index is 1.73. The molecule has 35 heavy (non-hydrogen) atoms. The van der Waals surface area contributed by atoms with Gasteiger partial charge in [0.2, 0.25) is 0 Å². The number of hydrogen-bond acceptors (Lipinski definition) is 6. The van der Waals surface area contributed by atoms with Crippen molar-refractivity contribution < 1.29 is 24.1 Å². The maximum absolute atomic E-state index is 13.5. The number of nitro groups is 1. The van der Waals surface area contributed by atoms with Crippen LogP contribution < -0.4 is 0 Å². The number of hydrazine groups is 1. The van der Waals surface area contributed by atoms with Crippen LogP contribution in [0.1, 0.15) is 46.9 Å². The number of nitro benzene ring substituents is 1. The molecule has 2 aromatic rings.